The van der Waals surface area contributed by atoms with Crippen LogP contribution >= 0.6 is 0 Å². The first-order chi connectivity index (χ1) is 6.66. The Morgan fingerprint density at radius 1 is 1.47 bits per heavy atom. The Morgan fingerprint density at radius 3 is 2.40 bits per heavy atom. The first-order valence-corrected chi connectivity index (χ1v) is 6.20. The molecule has 0 aliphatic heterocycles. The summed E-state index contributed by atoms with van der Waals surface area (Å²) < 4.78 is 26.2. The number of carbonyl (C=O) groups excluding carboxylic acids is 1. The fourth-order valence-corrected chi connectivity index (χ4v) is 1.24. The average Bonchev–Trinajstić information content (AvgIpc) is 2.00. The zero-order chi connectivity index (χ0) is 12.1. The van der Waals surface area contributed by atoms with Gasteiger partial charge in [-0.2, -0.15) is 0 Å². The molecule has 0 saturated heterocycles. The molecule has 0 saturated carbocycles. The van der Waals surface area contributed by atoms with E-state index in [1.165, 1.54) is 7.11 Å². The van der Waals surface area contributed by atoms with Gasteiger partial charge in [-0.25, -0.2) is 13.6 Å². The number of methoxy groups -OCH3 is 1. The van der Waals surface area contributed by atoms with Gasteiger partial charge in [0.05, 0.1) is 17.8 Å². The first kappa shape index (κ1) is 14.3. The van der Waals surface area contributed by atoms with Gasteiger partial charge >= 0.3 is 0 Å². The van der Waals surface area contributed by atoms with Crippen molar-refractivity contribution in [2.75, 3.05) is 19.4 Å². The molecule has 15 heavy (non-hydrogen) atoms. The van der Waals surface area contributed by atoms with E-state index in [-0.39, 0.29) is 24.6 Å². The molecule has 0 unspecified atom stereocenters. The second-order valence-electron chi connectivity index (χ2n) is 3.86. The molecule has 0 atom stereocenters. The summed E-state index contributed by atoms with van der Waals surface area (Å²) in [5.41, 5.74) is -0.550. The molecule has 3 N–H and O–H groups in total. The third kappa shape index (κ3) is 8.34. The number of amides is 1. The first-order valence-electron chi connectivity index (χ1n) is 4.48. The second-order valence-corrected chi connectivity index (χ2v) is 5.59. The van der Waals surface area contributed by atoms with Crippen molar-refractivity contribution in [3.05, 3.63) is 0 Å². The molecule has 0 radical (unpaired) electrons. The van der Waals surface area contributed by atoms with Crippen molar-refractivity contribution >= 4 is 15.9 Å². The Hall–Kier alpha value is -0.660. The van der Waals surface area contributed by atoms with Crippen molar-refractivity contribution in [1.82, 2.24) is 5.32 Å². The lowest BCUT2D eigenvalue weighted by Gasteiger charge is -2.21. The molecule has 0 heterocycles. The van der Waals surface area contributed by atoms with E-state index in [9.17, 15) is 13.2 Å². The van der Waals surface area contributed by atoms with Gasteiger partial charge in [0.1, 0.15) is 0 Å². The predicted molar refractivity (Wildman–Crippen MR) is 56.7 cm³/mol. The summed E-state index contributed by atoms with van der Waals surface area (Å²) in [7, 11) is -2.00. The minimum absolute atomic E-state index is 0.0253. The van der Waals surface area contributed by atoms with Crippen LogP contribution in [-0.2, 0) is 19.6 Å². The van der Waals surface area contributed by atoms with Gasteiger partial charge in [-0.3, -0.25) is 4.79 Å². The third-order valence-corrected chi connectivity index (χ3v) is 2.62. The van der Waals surface area contributed by atoms with Crippen molar-refractivity contribution < 1.29 is 17.9 Å². The molecule has 0 aliphatic carbocycles. The smallest absolute Gasteiger partial charge is 0.222 e. The van der Waals surface area contributed by atoms with E-state index in [0.29, 0.717) is 0 Å². The molecular formula is C8H18N2O4S. The highest BCUT2D eigenvalue weighted by Gasteiger charge is 2.20. The largest absolute Gasteiger partial charge is 0.378 e. The predicted octanol–water partition coefficient (Wildman–Crippen LogP) is -0.794. The number of rotatable bonds is 6. The molecule has 90 valence electrons. The van der Waals surface area contributed by atoms with Crippen LogP contribution in [0.15, 0.2) is 0 Å². The SMILES string of the molecule is COC(C)(C)CC(=O)NCCS(N)(=O)=O. The fraction of sp³-hybridized carbons (Fsp3) is 0.875. The van der Waals surface area contributed by atoms with Gasteiger partial charge in [-0.05, 0) is 13.8 Å². The maximum atomic E-state index is 11.3. The van der Waals surface area contributed by atoms with E-state index in [1.807, 2.05) is 0 Å². The summed E-state index contributed by atoms with van der Waals surface area (Å²) in [6.07, 6.45) is 0.175. The van der Waals surface area contributed by atoms with E-state index >= 15 is 0 Å². The Morgan fingerprint density at radius 2 is 2.00 bits per heavy atom. The molecule has 7 heteroatoms. The Labute approximate surface area is 90.2 Å². The number of hydrogen-bond donors (Lipinski definition) is 2. The van der Waals surface area contributed by atoms with Crippen LogP contribution in [0.3, 0.4) is 0 Å². The van der Waals surface area contributed by atoms with Gasteiger partial charge in [-0.1, -0.05) is 0 Å². The van der Waals surface area contributed by atoms with Gasteiger partial charge in [-0.15, -0.1) is 0 Å². The standard InChI is InChI=1S/C8H18N2O4S/c1-8(2,14-3)6-7(11)10-4-5-15(9,12)13/h4-6H2,1-3H3,(H,10,11)(H2,9,12,13). The molecule has 0 aliphatic rings. The van der Waals surface area contributed by atoms with E-state index in [2.05, 4.69) is 5.32 Å². The van der Waals surface area contributed by atoms with Crippen LogP contribution in [0, 0.1) is 0 Å². The van der Waals surface area contributed by atoms with E-state index in [0.717, 1.165) is 0 Å². The topological polar surface area (TPSA) is 98.5 Å². The maximum Gasteiger partial charge on any atom is 0.222 e. The van der Waals surface area contributed by atoms with Crippen LogP contribution in [-0.4, -0.2) is 39.3 Å². The van der Waals surface area contributed by atoms with Crippen molar-refractivity contribution in [3.8, 4) is 0 Å². The van der Waals surface area contributed by atoms with Crippen LogP contribution < -0.4 is 10.5 Å². The molecular weight excluding hydrogens is 220 g/mol. The Bertz CT molecular complexity index is 311. The minimum atomic E-state index is -3.52. The molecule has 0 aromatic heterocycles. The minimum Gasteiger partial charge on any atom is -0.378 e. The van der Waals surface area contributed by atoms with Gasteiger partial charge in [0.15, 0.2) is 0 Å². The van der Waals surface area contributed by atoms with E-state index < -0.39 is 15.6 Å². The molecule has 0 spiro atoms. The van der Waals surface area contributed by atoms with Gasteiger partial charge in [0.25, 0.3) is 0 Å². The van der Waals surface area contributed by atoms with E-state index in [1.54, 1.807) is 13.8 Å². The molecule has 1 amide bonds. The van der Waals surface area contributed by atoms with Crippen LogP contribution in [0.4, 0.5) is 0 Å². The number of nitrogens with two attached hydrogens (primary N) is 1. The highest BCUT2D eigenvalue weighted by atomic mass is 32.2. The lowest BCUT2D eigenvalue weighted by atomic mass is 10.1. The number of hydrogen-bond acceptors (Lipinski definition) is 4. The highest BCUT2D eigenvalue weighted by molar-refractivity contribution is 7.89. The maximum absolute atomic E-state index is 11.3. The second kappa shape index (κ2) is 5.43. The molecule has 0 fully saturated rings. The lowest BCUT2D eigenvalue weighted by molar-refractivity contribution is -0.126. The van der Waals surface area contributed by atoms with Gasteiger partial charge < -0.3 is 10.1 Å². The van der Waals surface area contributed by atoms with Crippen LogP contribution in [0.2, 0.25) is 0 Å². The van der Waals surface area contributed by atoms with Crippen molar-refractivity contribution in [3.63, 3.8) is 0 Å². The van der Waals surface area contributed by atoms with Gasteiger partial charge in [0, 0.05) is 13.7 Å². The number of primary sulfonamides is 1. The monoisotopic (exact) mass is 238 g/mol. The molecule has 6 nitrogen and oxygen atoms in total. The summed E-state index contributed by atoms with van der Waals surface area (Å²) in [5.74, 6) is -0.517. The molecule has 0 bridgehead atoms. The lowest BCUT2D eigenvalue weighted by Crippen LogP contribution is -2.36. The highest BCUT2D eigenvalue weighted by Crippen LogP contribution is 2.11. The Balaban J connectivity index is 3.87. The quantitative estimate of drug-likeness (QED) is 0.633. The van der Waals surface area contributed by atoms with Crippen LogP contribution in [0.1, 0.15) is 20.3 Å². The summed E-state index contributed by atoms with van der Waals surface area (Å²) in [5, 5.41) is 7.22. The third-order valence-electron chi connectivity index (χ3n) is 1.85. The zero-order valence-electron chi connectivity index (χ0n) is 9.24. The van der Waals surface area contributed by atoms with Crippen LogP contribution in [0.5, 0.6) is 0 Å². The number of nitrogens with one attached hydrogen (secondary N) is 1. The average molecular weight is 238 g/mol. The zero-order valence-corrected chi connectivity index (χ0v) is 10.1. The van der Waals surface area contributed by atoms with E-state index in [4.69, 9.17) is 9.88 Å². The normalized spacial score (nSPS) is 12.5. The summed E-state index contributed by atoms with van der Waals surface area (Å²) >= 11 is 0. The van der Waals surface area contributed by atoms with Crippen molar-refractivity contribution in [2.45, 2.75) is 25.9 Å². The number of sulfonamides is 1. The summed E-state index contributed by atoms with van der Waals surface area (Å²) in [4.78, 5) is 11.3. The molecule has 0 aromatic rings. The number of ether oxygens (including phenoxy) is 1. The van der Waals surface area contributed by atoms with Crippen molar-refractivity contribution in [2.24, 2.45) is 5.14 Å². The molecule has 0 aromatic carbocycles. The summed E-state index contributed by atoms with van der Waals surface area (Å²) in [6, 6.07) is 0. The van der Waals surface area contributed by atoms with Crippen molar-refractivity contribution in [1.29, 1.82) is 0 Å². The molecule has 0 rings (SSSR count). The summed E-state index contributed by atoms with van der Waals surface area (Å²) in [6.45, 7) is 3.57. The Kier molecular flexibility index (Phi) is 5.19. The van der Waals surface area contributed by atoms with Crippen LogP contribution in [0.25, 0.3) is 0 Å². The number of carbonyl (C=O) groups is 1. The van der Waals surface area contributed by atoms with Gasteiger partial charge in [0.2, 0.25) is 15.9 Å². The fourth-order valence-electron chi connectivity index (χ4n) is 0.854.